The number of aromatic amines is 1. The van der Waals surface area contributed by atoms with Crippen LogP contribution < -0.4 is 5.56 Å². The Morgan fingerprint density at radius 3 is 2.40 bits per heavy atom. The molecule has 2 aromatic heterocycles. The van der Waals surface area contributed by atoms with Gasteiger partial charge < -0.3 is 4.98 Å². The quantitative estimate of drug-likeness (QED) is 0.741. The Morgan fingerprint density at radius 2 is 1.76 bits per heavy atom. The molecule has 0 bridgehead atoms. The van der Waals surface area contributed by atoms with E-state index in [1.807, 2.05) is 4.68 Å². The fraction of sp³-hybridized carbons (Fsp3) is 0.333. The van der Waals surface area contributed by atoms with Crippen molar-refractivity contribution in [3.05, 3.63) is 52.4 Å². The molecule has 0 radical (unpaired) electrons. The number of nitrogens with one attached hydrogen (secondary N) is 1. The number of nitrogens with zero attached hydrogens (tertiary/aromatic N) is 2. The molecule has 1 aliphatic carbocycles. The lowest BCUT2D eigenvalue weighted by Crippen LogP contribution is -2.08. The number of benzene rings is 1. The van der Waals surface area contributed by atoms with Crippen molar-refractivity contribution in [1.29, 1.82) is 0 Å². The maximum absolute atomic E-state index is 12.8. The molecule has 0 saturated heterocycles. The van der Waals surface area contributed by atoms with Crippen LogP contribution in [-0.2, 0) is 6.18 Å². The zero-order chi connectivity index (χ0) is 17.6. The van der Waals surface area contributed by atoms with Gasteiger partial charge in [-0.2, -0.15) is 18.3 Å². The molecule has 4 nitrogen and oxygen atoms in total. The van der Waals surface area contributed by atoms with Gasteiger partial charge in [0.2, 0.25) is 0 Å². The van der Waals surface area contributed by atoms with Gasteiger partial charge in [-0.1, -0.05) is 25.0 Å². The van der Waals surface area contributed by atoms with Gasteiger partial charge in [-0.3, -0.25) is 9.48 Å². The van der Waals surface area contributed by atoms with Crippen molar-refractivity contribution in [1.82, 2.24) is 14.8 Å². The maximum Gasteiger partial charge on any atom is 0.416 e. The fourth-order valence-corrected chi connectivity index (χ4v) is 3.55. The van der Waals surface area contributed by atoms with Gasteiger partial charge >= 0.3 is 6.18 Å². The molecule has 1 N–H and O–H groups in total. The van der Waals surface area contributed by atoms with Crippen LogP contribution >= 0.6 is 0 Å². The van der Waals surface area contributed by atoms with E-state index >= 15 is 0 Å². The van der Waals surface area contributed by atoms with Crippen LogP contribution in [0.15, 0.2) is 41.3 Å². The summed E-state index contributed by atoms with van der Waals surface area (Å²) in [6.45, 7) is 0. The first kappa shape index (κ1) is 15.9. The van der Waals surface area contributed by atoms with Gasteiger partial charge in [-0.05, 0) is 31.0 Å². The SMILES string of the molecule is O=c1[nH]ccc2c1c(-c1ccc(C(F)(F)F)cc1)nn2C1CCCC1. The van der Waals surface area contributed by atoms with Crippen LogP contribution in [0.4, 0.5) is 13.2 Å². The molecule has 130 valence electrons. The molecular formula is C18H16F3N3O. The standard InChI is InChI=1S/C18H16F3N3O/c19-18(20,21)12-7-5-11(6-8-12)16-15-14(9-10-22-17(15)25)24(23-16)13-3-1-2-4-13/h5-10,13H,1-4H2,(H,22,25). The highest BCUT2D eigenvalue weighted by Gasteiger charge is 2.30. The molecule has 4 rings (SSSR count). The Labute approximate surface area is 141 Å². The van der Waals surface area contributed by atoms with Crippen LogP contribution in [0.25, 0.3) is 22.2 Å². The number of halogens is 3. The normalized spacial score (nSPS) is 16.0. The van der Waals surface area contributed by atoms with E-state index in [2.05, 4.69) is 10.1 Å². The number of fused-ring (bicyclic) bond motifs is 1. The van der Waals surface area contributed by atoms with Crippen LogP contribution in [0.5, 0.6) is 0 Å². The summed E-state index contributed by atoms with van der Waals surface area (Å²) in [5.74, 6) is 0. The molecule has 0 aliphatic heterocycles. The molecule has 0 amide bonds. The maximum atomic E-state index is 12.8. The minimum atomic E-state index is -4.39. The average Bonchev–Trinajstić information content (AvgIpc) is 3.22. The van der Waals surface area contributed by atoms with Crippen LogP contribution in [0.2, 0.25) is 0 Å². The van der Waals surface area contributed by atoms with Crippen LogP contribution in [0.3, 0.4) is 0 Å². The number of rotatable bonds is 2. The van der Waals surface area contributed by atoms with Gasteiger partial charge in [-0.15, -0.1) is 0 Å². The van der Waals surface area contributed by atoms with Crippen molar-refractivity contribution in [2.45, 2.75) is 37.9 Å². The van der Waals surface area contributed by atoms with Crippen molar-refractivity contribution >= 4 is 10.9 Å². The Balaban J connectivity index is 1.88. The van der Waals surface area contributed by atoms with E-state index < -0.39 is 11.7 Å². The first-order valence-corrected chi connectivity index (χ1v) is 8.23. The summed E-state index contributed by atoms with van der Waals surface area (Å²) in [5, 5.41) is 5.03. The summed E-state index contributed by atoms with van der Waals surface area (Å²) in [6.07, 6.45) is 1.41. The minimum Gasteiger partial charge on any atom is -0.328 e. The molecule has 25 heavy (non-hydrogen) atoms. The Bertz CT molecular complexity index is 964. The monoisotopic (exact) mass is 347 g/mol. The third-order valence-electron chi connectivity index (χ3n) is 4.79. The van der Waals surface area contributed by atoms with Crippen molar-refractivity contribution in [2.24, 2.45) is 0 Å². The average molecular weight is 347 g/mol. The highest BCUT2D eigenvalue weighted by molar-refractivity contribution is 5.92. The van der Waals surface area contributed by atoms with Gasteiger partial charge in [-0.25, -0.2) is 0 Å². The molecular weight excluding hydrogens is 331 g/mol. The number of aromatic nitrogens is 3. The lowest BCUT2D eigenvalue weighted by Gasteiger charge is -2.10. The smallest absolute Gasteiger partial charge is 0.328 e. The van der Waals surface area contributed by atoms with Gasteiger partial charge in [0.05, 0.1) is 22.5 Å². The highest BCUT2D eigenvalue weighted by Crippen LogP contribution is 2.35. The molecule has 0 spiro atoms. The zero-order valence-corrected chi connectivity index (χ0v) is 13.3. The van der Waals surface area contributed by atoms with E-state index in [0.29, 0.717) is 16.6 Å². The number of H-pyrrole nitrogens is 1. The topological polar surface area (TPSA) is 50.7 Å². The number of hydrogen-bond donors (Lipinski definition) is 1. The van der Waals surface area contributed by atoms with Gasteiger partial charge in [0.15, 0.2) is 0 Å². The molecule has 7 heteroatoms. The highest BCUT2D eigenvalue weighted by atomic mass is 19.4. The lowest BCUT2D eigenvalue weighted by atomic mass is 10.1. The summed E-state index contributed by atoms with van der Waals surface area (Å²) < 4.78 is 40.2. The largest absolute Gasteiger partial charge is 0.416 e. The predicted octanol–water partition coefficient (Wildman–Crippen LogP) is 4.53. The Hall–Kier alpha value is -2.57. The number of hydrogen-bond acceptors (Lipinski definition) is 2. The summed E-state index contributed by atoms with van der Waals surface area (Å²) in [5.41, 5.74) is 0.663. The van der Waals surface area contributed by atoms with E-state index in [1.165, 1.54) is 12.1 Å². The second-order valence-electron chi connectivity index (χ2n) is 6.37. The fourth-order valence-electron chi connectivity index (χ4n) is 3.55. The third-order valence-corrected chi connectivity index (χ3v) is 4.79. The van der Waals surface area contributed by atoms with Gasteiger partial charge in [0, 0.05) is 11.8 Å². The number of pyridine rings is 1. The molecule has 2 heterocycles. The Kier molecular flexibility index (Phi) is 3.67. The first-order valence-electron chi connectivity index (χ1n) is 8.23. The first-order chi connectivity index (χ1) is 11.9. The second-order valence-corrected chi connectivity index (χ2v) is 6.37. The van der Waals surface area contributed by atoms with Gasteiger partial charge in [0.25, 0.3) is 5.56 Å². The lowest BCUT2D eigenvalue weighted by molar-refractivity contribution is -0.137. The zero-order valence-electron chi connectivity index (χ0n) is 13.3. The van der Waals surface area contributed by atoms with E-state index in [0.717, 1.165) is 43.3 Å². The van der Waals surface area contributed by atoms with E-state index in [1.54, 1.807) is 12.3 Å². The van der Waals surface area contributed by atoms with Crippen LogP contribution in [0, 0.1) is 0 Å². The summed E-state index contributed by atoms with van der Waals surface area (Å²) in [4.78, 5) is 15.0. The molecule has 1 fully saturated rings. The van der Waals surface area contributed by atoms with Crippen molar-refractivity contribution in [3.8, 4) is 11.3 Å². The second kappa shape index (κ2) is 5.75. The number of alkyl halides is 3. The summed E-state index contributed by atoms with van der Waals surface area (Å²) in [6, 6.07) is 6.81. The summed E-state index contributed by atoms with van der Waals surface area (Å²) in [7, 11) is 0. The molecule has 3 aromatic rings. The van der Waals surface area contributed by atoms with E-state index in [4.69, 9.17) is 0 Å². The molecule has 0 atom stereocenters. The molecule has 0 unspecified atom stereocenters. The van der Waals surface area contributed by atoms with E-state index in [-0.39, 0.29) is 11.6 Å². The molecule has 1 aliphatic rings. The van der Waals surface area contributed by atoms with Crippen molar-refractivity contribution in [2.75, 3.05) is 0 Å². The summed E-state index contributed by atoms with van der Waals surface area (Å²) >= 11 is 0. The van der Waals surface area contributed by atoms with Gasteiger partial charge in [0.1, 0.15) is 5.69 Å². The molecule has 1 aromatic carbocycles. The predicted molar refractivity (Wildman–Crippen MR) is 88.3 cm³/mol. The van der Waals surface area contributed by atoms with Crippen LogP contribution in [-0.4, -0.2) is 14.8 Å². The van der Waals surface area contributed by atoms with Crippen molar-refractivity contribution < 1.29 is 13.2 Å². The van der Waals surface area contributed by atoms with Crippen LogP contribution in [0.1, 0.15) is 37.3 Å². The van der Waals surface area contributed by atoms with E-state index in [9.17, 15) is 18.0 Å². The minimum absolute atomic E-state index is 0.229. The molecule has 1 saturated carbocycles. The van der Waals surface area contributed by atoms with Crippen molar-refractivity contribution in [3.63, 3.8) is 0 Å². The third kappa shape index (κ3) is 2.73. The Morgan fingerprint density at radius 1 is 1.08 bits per heavy atom.